The van der Waals surface area contributed by atoms with Crippen LogP contribution in [0.2, 0.25) is 0 Å². The number of hydrogen-bond donors (Lipinski definition) is 1. The fourth-order valence-corrected chi connectivity index (χ4v) is 3.27. The molecule has 0 radical (unpaired) electrons. The zero-order chi connectivity index (χ0) is 20.6. The van der Waals surface area contributed by atoms with E-state index in [4.69, 9.17) is 15.2 Å². The van der Waals surface area contributed by atoms with Crippen LogP contribution in [0.4, 0.5) is 0 Å². The lowest BCUT2D eigenvalue weighted by molar-refractivity contribution is -0.163. The smallest absolute Gasteiger partial charge is 0.345 e. The monoisotopic (exact) mass is 396 g/mol. The molecule has 7 heteroatoms. The third-order valence-electron chi connectivity index (χ3n) is 4.74. The van der Waals surface area contributed by atoms with Gasteiger partial charge in [-0.2, -0.15) is 0 Å². The van der Waals surface area contributed by atoms with E-state index in [1.807, 2.05) is 6.07 Å². The van der Waals surface area contributed by atoms with Crippen molar-refractivity contribution in [1.82, 2.24) is 4.90 Å². The van der Waals surface area contributed by atoms with Crippen molar-refractivity contribution in [1.29, 1.82) is 0 Å². The van der Waals surface area contributed by atoms with Crippen LogP contribution < -0.4 is 10.5 Å². The van der Waals surface area contributed by atoms with Crippen molar-refractivity contribution in [2.24, 2.45) is 5.73 Å². The second-order valence-electron chi connectivity index (χ2n) is 6.82. The molecule has 2 aromatic carbocycles. The van der Waals surface area contributed by atoms with Gasteiger partial charge in [-0.15, -0.1) is 0 Å². The summed E-state index contributed by atoms with van der Waals surface area (Å²) in [5, 5.41) is 0. The van der Waals surface area contributed by atoms with Crippen LogP contribution in [0.1, 0.15) is 41.3 Å². The Bertz CT molecular complexity index is 863. The Labute approximate surface area is 169 Å². The molecule has 1 atom stereocenters. The highest BCUT2D eigenvalue weighted by atomic mass is 16.6. The maximum Gasteiger partial charge on any atom is 0.345 e. The van der Waals surface area contributed by atoms with Gasteiger partial charge < -0.3 is 20.1 Å². The van der Waals surface area contributed by atoms with E-state index in [-0.39, 0.29) is 17.2 Å². The Morgan fingerprint density at radius 2 is 1.59 bits per heavy atom. The molecule has 0 bridgehead atoms. The zero-order valence-corrected chi connectivity index (χ0v) is 16.1. The minimum Gasteiger partial charge on any atom is -0.481 e. The van der Waals surface area contributed by atoms with Gasteiger partial charge in [-0.25, -0.2) is 4.79 Å². The van der Waals surface area contributed by atoms with E-state index in [0.29, 0.717) is 18.7 Å². The lowest BCUT2D eigenvalue weighted by Gasteiger charge is -2.30. The molecule has 2 N–H and O–H groups in total. The number of amides is 2. The van der Waals surface area contributed by atoms with Gasteiger partial charge in [0.05, 0.1) is 5.56 Å². The average Bonchev–Trinajstić information content (AvgIpc) is 2.77. The van der Waals surface area contributed by atoms with E-state index in [0.717, 1.165) is 19.3 Å². The van der Waals surface area contributed by atoms with Crippen LogP contribution in [0.25, 0.3) is 0 Å². The van der Waals surface area contributed by atoms with Crippen molar-refractivity contribution in [3.63, 3.8) is 0 Å². The first-order valence-electron chi connectivity index (χ1n) is 9.61. The van der Waals surface area contributed by atoms with E-state index in [2.05, 4.69) is 0 Å². The molecule has 0 aliphatic carbocycles. The minimum atomic E-state index is -1.03. The van der Waals surface area contributed by atoms with Crippen molar-refractivity contribution in [3.05, 3.63) is 65.7 Å². The second-order valence-corrected chi connectivity index (χ2v) is 6.82. The van der Waals surface area contributed by atoms with Crippen molar-refractivity contribution in [3.8, 4) is 5.75 Å². The number of nitrogens with zero attached hydrogens (tertiary/aromatic N) is 1. The van der Waals surface area contributed by atoms with Crippen LogP contribution in [-0.2, 0) is 14.3 Å². The SMILES string of the molecule is NC(=O)c1ccccc1OCC(=O)O[C@H](C(=O)N1CCCCC1)c1ccccc1. The van der Waals surface area contributed by atoms with E-state index in [9.17, 15) is 14.4 Å². The zero-order valence-electron chi connectivity index (χ0n) is 16.1. The number of primary amides is 1. The number of para-hydroxylation sites is 1. The largest absolute Gasteiger partial charge is 0.481 e. The molecule has 29 heavy (non-hydrogen) atoms. The standard InChI is InChI=1S/C22H24N2O5/c23-21(26)17-11-5-6-12-18(17)28-15-19(25)29-20(16-9-3-1-4-10-16)22(27)24-13-7-2-8-14-24/h1,3-6,9-12,20H,2,7-8,13-15H2,(H2,23,26)/t20-/m0/s1. The van der Waals surface area contributed by atoms with Gasteiger partial charge >= 0.3 is 5.97 Å². The summed E-state index contributed by atoms with van der Waals surface area (Å²) in [6, 6.07) is 15.3. The Morgan fingerprint density at radius 3 is 2.28 bits per heavy atom. The highest BCUT2D eigenvalue weighted by molar-refractivity contribution is 5.95. The Kier molecular flexibility index (Phi) is 6.84. The van der Waals surface area contributed by atoms with Crippen molar-refractivity contribution >= 4 is 17.8 Å². The van der Waals surface area contributed by atoms with Gasteiger partial charge in [0.25, 0.3) is 11.8 Å². The lowest BCUT2D eigenvalue weighted by atomic mass is 10.1. The van der Waals surface area contributed by atoms with Gasteiger partial charge in [0.15, 0.2) is 6.61 Å². The van der Waals surface area contributed by atoms with E-state index >= 15 is 0 Å². The summed E-state index contributed by atoms with van der Waals surface area (Å²) < 4.78 is 10.9. The summed E-state index contributed by atoms with van der Waals surface area (Å²) in [5.74, 6) is -1.41. The molecule has 2 aromatic rings. The number of ether oxygens (including phenoxy) is 2. The maximum absolute atomic E-state index is 13.0. The third-order valence-corrected chi connectivity index (χ3v) is 4.74. The normalized spacial score (nSPS) is 14.7. The van der Waals surface area contributed by atoms with Crippen LogP contribution in [0, 0.1) is 0 Å². The number of carbonyl (C=O) groups excluding carboxylic acids is 3. The summed E-state index contributed by atoms with van der Waals surface area (Å²) in [6.45, 7) is 0.866. The summed E-state index contributed by atoms with van der Waals surface area (Å²) in [5.41, 5.74) is 6.09. The topological polar surface area (TPSA) is 98.9 Å². The molecular weight excluding hydrogens is 372 g/mol. The molecule has 0 spiro atoms. The highest BCUT2D eigenvalue weighted by Gasteiger charge is 2.30. The molecule has 3 rings (SSSR count). The van der Waals surface area contributed by atoms with E-state index in [1.54, 1.807) is 47.4 Å². The predicted molar refractivity (Wildman–Crippen MR) is 106 cm³/mol. The predicted octanol–water partition coefficient (Wildman–Crippen LogP) is 2.46. The van der Waals surface area contributed by atoms with Crippen LogP contribution in [-0.4, -0.2) is 42.4 Å². The molecule has 0 aromatic heterocycles. The molecule has 152 valence electrons. The fourth-order valence-electron chi connectivity index (χ4n) is 3.27. The lowest BCUT2D eigenvalue weighted by Crippen LogP contribution is -2.40. The molecule has 2 amide bonds. The first-order chi connectivity index (χ1) is 14.1. The van der Waals surface area contributed by atoms with Gasteiger partial charge in [0.2, 0.25) is 6.10 Å². The Morgan fingerprint density at radius 1 is 0.931 bits per heavy atom. The Hall–Kier alpha value is -3.35. The number of carbonyl (C=O) groups is 3. The van der Waals surface area contributed by atoms with E-state index < -0.39 is 24.6 Å². The van der Waals surface area contributed by atoms with Crippen LogP contribution in [0.3, 0.4) is 0 Å². The molecule has 1 fully saturated rings. The van der Waals surface area contributed by atoms with E-state index in [1.165, 1.54) is 6.07 Å². The fraction of sp³-hybridized carbons (Fsp3) is 0.318. The Balaban J connectivity index is 1.70. The van der Waals surface area contributed by atoms with Crippen LogP contribution >= 0.6 is 0 Å². The van der Waals surface area contributed by atoms with Gasteiger partial charge in [-0.3, -0.25) is 9.59 Å². The first-order valence-corrected chi connectivity index (χ1v) is 9.61. The quantitative estimate of drug-likeness (QED) is 0.725. The molecule has 1 heterocycles. The number of benzene rings is 2. The number of hydrogen-bond acceptors (Lipinski definition) is 5. The molecule has 7 nitrogen and oxygen atoms in total. The molecular formula is C22H24N2O5. The number of esters is 1. The van der Waals surface area contributed by atoms with Crippen LogP contribution in [0.15, 0.2) is 54.6 Å². The number of likely N-dealkylation sites (tertiary alicyclic amines) is 1. The van der Waals surface area contributed by atoms with Gasteiger partial charge in [-0.05, 0) is 31.4 Å². The first kappa shape index (κ1) is 20.4. The van der Waals surface area contributed by atoms with Crippen molar-refractivity contribution in [2.45, 2.75) is 25.4 Å². The van der Waals surface area contributed by atoms with Gasteiger partial charge in [-0.1, -0.05) is 42.5 Å². The molecule has 0 unspecified atom stereocenters. The average molecular weight is 396 g/mol. The summed E-state index contributed by atoms with van der Waals surface area (Å²) in [7, 11) is 0. The number of nitrogens with two attached hydrogens (primary N) is 1. The van der Waals surface area contributed by atoms with Gasteiger partial charge in [0.1, 0.15) is 5.75 Å². The summed E-state index contributed by atoms with van der Waals surface area (Å²) in [4.78, 5) is 38.6. The highest BCUT2D eigenvalue weighted by Crippen LogP contribution is 2.23. The molecule has 1 saturated heterocycles. The summed E-state index contributed by atoms with van der Waals surface area (Å²) in [6.07, 6.45) is 1.94. The summed E-state index contributed by atoms with van der Waals surface area (Å²) >= 11 is 0. The van der Waals surface area contributed by atoms with Gasteiger partial charge in [0, 0.05) is 18.7 Å². The molecule has 0 saturated carbocycles. The second kappa shape index (κ2) is 9.73. The number of piperidine rings is 1. The third kappa shape index (κ3) is 5.34. The molecule has 1 aliphatic heterocycles. The number of rotatable bonds is 7. The molecule has 1 aliphatic rings. The minimum absolute atomic E-state index is 0.171. The van der Waals surface area contributed by atoms with Crippen LogP contribution in [0.5, 0.6) is 5.75 Å². The maximum atomic E-state index is 13.0. The van der Waals surface area contributed by atoms with Crippen molar-refractivity contribution in [2.75, 3.05) is 19.7 Å². The van der Waals surface area contributed by atoms with Crippen molar-refractivity contribution < 1.29 is 23.9 Å².